The predicted molar refractivity (Wildman–Crippen MR) is 77.9 cm³/mol. The average Bonchev–Trinajstić information content (AvgIpc) is 2.92. The highest BCUT2D eigenvalue weighted by atomic mass is 15.3. The summed E-state index contributed by atoms with van der Waals surface area (Å²) in [4.78, 5) is 5.16. The third-order valence-electron chi connectivity index (χ3n) is 4.87. The molecule has 1 aliphatic heterocycles. The van der Waals surface area contributed by atoms with E-state index in [2.05, 4.69) is 43.1 Å². The summed E-state index contributed by atoms with van der Waals surface area (Å²) in [6.07, 6.45) is 5.40. The van der Waals surface area contributed by atoms with E-state index in [-0.39, 0.29) is 0 Å². The molecule has 0 radical (unpaired) electrons. The van der Waals surface area contributed by atoms with Crippen molar-refractivity contribution in [1.82, 2.24) is 15.1 Å². The van der Waals surface area contributed by atoms with Crippen molar-refractivity contribution in [3.8, 4) is 0 Å². The van der Waals surface area contributed by atoms with Gasteiger partial charge in [-0.2, -0.15) is 0 Å². The van der Waals surface area contributed by atoms with E-state index in [9.17, 15) is 0 Å². The Hall–Kier alpha value is -0.120. The standard InChI is InChI=1S/C15H31N3/c1-5-8-16-13-6-7-14(9-13)18-10-12(2)15(11-18)17(3)4/h12-16H,5-11H2,1-4H3. The molecule has 2 fully saturated rings. The molecule has 0 aromatic heterocycles. The molecule has 0 bridgehead atoms. The van der Waals surface area contributed by atoms with Crippen molar-refractivity contribution in [2.45, 2.75) is 57.7 Å². The number of hydrogen-bond donors (Lipinski definition) is 1. The Morgan fingerprint density at radius 2 is 2.00 bits per heavy atom. The first-order valence-electron chi connectivity index (χ1n) is 7.75. The lowest BCUT2D eigenvalue weighted by molar-refractivity contribution is 0.214. The van der Waals surface area contributed by atoms with Crippen molar-refractivity contribution in [2.24, 2.45) is 5.92 Å². The van der Waals surface area contributed by atoms with E-state index in [0.29, 0.717) is 0 Å². The molecule has 4 unspecified atom stereocenters. The molecule has 0 amide bonds. The van der Waals surface area contributed by atoms with E-state index in [1.807, 2.05) is 0 Å². The third-order valence-corrected chi connectivity index (χ3v) is 4.87. The zero-order valence-corrected chi connectivity index (χ0v) is 12.7. The van der Waals surface area contributed by atoms with Gasteiger partial charge in [0.1, 0.15) is 0 Å². The molecule has 1 saturated carbocycles. The first-order chi connectivity index (χ1) is 8.61. The quantitative estimate of drug-likeness (QED) is 0.806. The number of nitrogens with zero attached hydrogens (tertiary/aromatic N) is 2. The first-order valence-corrected chi connectivity index (χ1v) is 7.75. The van der Waals surface area contributed by atoms with Crippen LogP contribution in [-0.4, -0.2) is 61.7 Å². The number of hydrogen-bond acceptors (Lipinski definition) is 3. The normalized spacial score (nSPS) is 37.8. The minimum absolute atomic E-state index is 0.757. The van der Waals surface area contributed by atoms with Crippen LogP contribution < -0.4 is 5.32 Å². The predicted octanol–water partition coefficient (Wildman–Crippen LogP) is 1.79. The largest absolute Gasteiger partial charge is 0.314 e. The summed E-state index contributed by atoms with van der Waals surface area (Å²) in [7, 11) is 4.45. The summed E-state index contributed by atoms with van der Waals surface area (Å²) in [6.45, 7) is 8.43. The molecule has 1 saturated heterocycles. The SMILES string of the molecule is CCCNC1CCC(N2CC(C)C(N(C)C)C2)C1. The van der Waals surface area contributed by atoms with Gasteiger partial charge in [0.05, 0.1) is 0 Å². The lowest BCUT2D eigenvalue weighted by Gasteiger charge is -2.25. The fraction of sp³-hybridized carbons (Fsp3) is 1.00. The second kappa shape index (κ2) is 6.36. The zero-order valence-electron chi connectivity index (χ0n) is 12.7. The lowest BCUT2D eigenvalue weighted by Crippen LogP contribution is -2.37. The van der Waals surface area contributed by atoms with E-state index in [1.54, 1.807) is 0 Å². The van der Waals surface area contributed by atoms with Gasteiger partial charge in [-0.1, -0.05) is 13.8 Å². The third kappa shape index (κ3) is 3.25. The van der Waals surface area contributed by atoms with Crippen molar-refractivity contribution in [3.63, 3.8) is 0 Å². The minimum Gasteiger partial charge on any atom is -0.314 e. The van der Waals surface area contributed by atoms with Gasteiger partial charge >= 0.3 is 0 Å². The van der Waals surface area contributed by atoms with Crippen LogP contribution in [-0.2, 0) is 0 Å². The van der Waals surface area contributed by atoms with Crippen molar-refractivity contribution in [1.29, 1.82) is 0 Å². The highest BCUT2D eigenvalue weighted by Gasteiger charge is 2.37. The number of likely N-dealkylation sites (tertiary alicyclic amines) is 1. The maximum absolute atomic E-state index is 3.69. The van der Waals surface area contributed by atoms with Crippen LogP contribution in [0.2, 0.25) is 0 Å². The summed E-state index contributed by atoms with van der Waals surface area (Å²) in [5, 5.41) is 3.69. The minimum atomic E-state index is 0.757. The molecular weight excluding hydrogens is 222 g/mol. The molecule has 4 atom stereocenters. The van der Waals surface area contributed by atoms with Gasteiger partial charge in [-0.3, -0.25) is 4.90 Å². The van der Waals surface area contributed by atoms with Gasteiger partial charge in [-0.25, -0.2) is 0 Å². The van der Waals surface area contributed by atoms with Gasteiger partial charge in [0.25, 0.3) is 0 Å². The molecule has 1 aliphatic carbocycles. The van der Waals surface area contributed by atoms with Gasteiger partial charge in [-0.15, -0.1) is 0 Å². The molecular formula is C15H31N3. The Kier molecular flexibility index (Phi) is 5.05. The Balaban J connectivity index is 1.80. The van der Waals surface area contributed by atoms with Crippen LogP contribution in [0.4, 0.5) is 0 Å². The van der Waals surface area contributed by atoms with Crippen LogP contribution in [0.1, 0.15) is 39.5 Å². The van der Waals surface area contributed by atoms with Crippen LogP contribution in [0.25, 0.3) is 0 Å². The Morgan fingerprint density at radius 1 is 1.22 bits per heavy atom. The fourth-order valence-electron chi connectivity index (χ4n) is 3.78. The Labute approximate surface area is 113 Å². The van der Waals surface area contributed by atoms with E-state index in [1.165, 1.54) is 45.3 Å². The van der Waals surface area contributed by atoms with Gasteiger partial charge in [-0.05, 0) is 52.2 Å². The van der Waals surface area contributed by atoms with Crippen LogP contribution in [0.3, 0.4) is 0 Å². The lowest BCUT2D eigenvalue weighted by atomic mass is 10.1. The number of nitrogens with one attached hydrogen (secondary N) is 1. The summed E-state index contributed by atoms with van der Waals surface area (Å²) in [6, 6.07) is 2.38. The molecule has 0 aromatic rings. The zero-order chi connectivity index (χ0) is 13.1. The van der Waals surface area contributed by atoms with Gasteiger partial charge in [0, 0.05) is 31.2 Å². The molecule has 2 aliphatic rings. The molecule has 3 nitrogen and oxygen atoms in total. The maximum atomic E-state index is 3.69. The molecule has 3 heteroatoms. The van der Waals surface area contributed by atoms with Gasteiger partial charge in [0.15, 0.2) is 0 Å². The molecule has 0 spiro atoms. The summed E-state index contributed by atoms with van der Waals surface area (Å²) < 4.78 is 0. The first kappa shape index (κ1) is 14.3. The second-order valence-electron chi connectivity index (χ2n) is 6.58. The summed E-state index contributed by atoms with van der Waals surface area (Å²) >= 11 is 0. The van der Waals surface area contributed by atoms with Crippen molar-refractivity contribution < 1.29 is 0 Å². The molecule has 1 heterocycles. The molecule has 0 aromatic carbocycles. The van der Waals surface area contributed by atoms with Crippen LogP contribution in [0, 0.1) is 5.92 Å². The van der Waals surface area contributed by atoms with Gasteiger partial charge in [0.2, 0.25) is 0 Å². The molecule has 106 valence electrons. The molecule has 18 heavy (non-hydrogen) atoms. The fourth-order valence-corrected chi connectivity index (χ4v) is 3.78. The highest BCUT2D eigenvalue weighted by molar-refractivity contribution is 4.94. The smallest absolute Gasteiger partial charge is 0.0254 e. The topological polar surface area (TPSA) is 18.5 Å². The second-order valence-corrected chi connectivity index (χ2v) is 6.58. The van der Waals surface area contributed by atoms with E-state index >= 15 is 0 Å². The number of rotatable bonds is 5. The summed E-state index contributed by atoms with van der Waals surface area (Å²) in [5.41, 5.74) is 0. The Morgan fingerprint density at radius 3 is 2.61 bits per heavy atom. The highest BCUT2D eigenvalue weighted by Crippen LogP contribution is 2.30. The van der Waals surface area contributed by atoms with E-state index in [0.717, 1.165) is 24.0 Å². The van der Waals surface area contributed by atoms with Crippen LogP contribution in [0.5, 0.6) is 0 Å². The summed E-state index contributed by atoms with van der Waals surface area (Å²) in [5.74, 6) is 0.822. The van der Waals surface area contributed by atoms with Crippen LogP contribution in [0.15, 0.2) is 0 Å². The maximum Gasteiger partial charge on any atom is 0.0254 e. The van der Waals surface area contributed by atoms with Gasteiger partial charge < -0.3 is 10.2 Å². The number of likely N-dealkylation sites (N-methyl/N-ethyl adjacent to an activating group) is 1. The van der Waals surface area contributed by atoms with Crippen molar-refractivity contribution in [3.05, 3.63) is 0 Å². The average molecular weight is 253 g/mol. The molecule has 2 rings (SSSR count). The van der Waals surface area contributed by atoms with Crippen molar-refractivity contribution >= 4 is 0 Å². The van der Waals surface area contributed by atoms with Crippen molar-refractivity contribution in [2.75, 3.05) is 33.7 Å². The Bertz CT molecular complexity index is 254. The molecule has 1 N–H and O–H groups in total. The van der Waals surface area contributed by atoms with E-state index < -0.39 is 0 Å². The monoisotopic (exact) mass is 253 g/mol. The van der Waals surface area contributed by atoms with E-state index in [4.69, 9.17) is 0 Å². The van der Waals surface area contributed by atoms with Crippen LogP contribution >= 0.6 is 0 Å².